The second-order valence-corrected chi connectivity index (χ2v) is 3.48. The summed E-state index contributed by atoms with van der Waals surface area (Å²) < 4.78 is 1.80. The molecule has 1 rings (SSSR count). The maximum absolute atomic E-state index is 8.59. The fraction of sp³-hybridized carbons (Fsp3) is 0.778. The molecule has 14 heavy (non-hydrogen) atoms. The van der Waals surface area contributed by atoms with Gasteiger partial charge in [-0.15, -0.1) is 5.10 Å². The topological polar surface area (TPSA) is 77.0 Å². The molecule has 1 unspecified atom stereocenters. The van der Waals surface area contributed by atoms with Crippen molar-refractivity contribution in [2.45, 2.75) is 38.8 Å². The Balaban J connectivity index is 2.29. The van der Waals surface area contributed by atoms with Crippen molar-refractivity contribution in [3.05, 3.63) is 11.9 Å². The van der Waals surface area contributed by atoms with E-state index in [2.05, 4.69) is 10.3 Å². The van der Waals surface area contributed by atoms with Gasteiger partial charge in [-0.25, -0.2) is 0 Å². The van der Waals surface area contributed by atoms with E-state index in [0.717, 1.165) is 31.5 Å². The van der Waals surface area contributed by atoms with Crippen LogP contribution in [0, 0.1) is 0 Å². The van der Waals surface area contributed by atoms with Gasteiger partial charge in [0.25, 0.3) is 0 Å². The minimum atomic E-state index is -0.0545. The molecule has 1 atom stereocenters. The first-order valence-electron chi connectivity index (χ1n) is 5.00. The first-order chi connectivity index (χ1) is 6.74. The summed E-state index contributed by atoms with van der Waals surface area (Å²) in [5.74, 6) is 0. The Hall–Kier alpha value is -0.940. The van der Waals surface area contributed by atoms with Crippen molar-refractivity contribution in [1.82, 2.24) is 15.0 Å². The lowest BCUT2D eigenvalue weighted by molar-refractivity contribution is 0.281. The summed E-state index contributed by atoms with van der Waals surface area (Å²) in [6, 6.07) is -0.0545. The normalized spacial score (nSPS) is 13.1. The number of aromatic nitrogens is 3. The molecule has 0 aliphatic heterocycles. The number of hydrogen-bond acceptors (Lipinski definition) is 4. The van der Waals surface area contributed by atoms with Gasteiger partial charge in [0.1, 0.15) is 0 Å². The number of rotatable bonds is 6. The molecule has 0 aliphatic carbocycles. The van der Waals surface area contributed by atoms with Crippen LogP contribution in [0.5, 0.6) is 0 Å². The molecular formula is C9H18N4O. The van der Waals surface area contributed by atoms with E-state index in [-0.39, 0.29) is 12.6 Å². The third-order valence-corrected chi connectivity index (χ3v) is 2.07. The number of aryl methyl sites for hydroxylation is 1. The maximum atomic E-state index is 8.59. The highest BCUT2D eigenvalue weighted by Gasteiger charge is 2.04. The Morgan fingerprint density at radius 2 is 2.29 bits per heavy atom. The van der Waals surface area contributed by atoms with E-state index in [1.165, 1.54) is 0 Å². The van der Waals surface area contributed by atoms with Crippen LogP contribution < -0.4 is 5.73 Å². The molecule has 0 aromatic carbocycles. The second-order valence-electron chi connectivity index (χ2n) is 3.48. The Kier molecular flexibility index (Phi) is 4.55. The van der Waals surface area contributed by atoms with Gasteiger partial charge < -0.3 is 10.8 Å². The summed E-state index contributed by atoms with van der Waals surface area (Å²) in [5, 5.41) is 16.5. The van der Waals surface area contributed by atoms with Crippen LogP contribution in [0.3, 0.4) is 0 Å². The number of aliphatic hydroxyl groups is 1. The van der Waals surface area contributed by atoms with Gasteiger partial charge in [0.15, 0.2) is 0 Å². The molecule has 0 saturated heterocycles. The number of aliphatic hydroxyl groups excluding tert-OH is 1. The Morgan fingerprint density at radius 1 is 1.50 bits per heavy atom. The lowest BCUT2D eigenvalue weighted by atomic mass is 10.2. The van der Waals surface area contributed by atoms with Crippen molar-refractivity contribution in [3.8, 4) is 0 Å². The van der Waals surface area contributed by atoms with Crippen molar-refractivity contribution in [2.75, 3.05) is 6.61 Å². The summed E-state index contributed by atoms with van der Waals surface area (Å²) in [4.78, 5) is 0. The molecule has 5 nitrogen and oxygen atoms in total. The Labute approximate surface area is 83.9 Å². The van der Waals surface area contributed by atoms with Crippen LogP contribution in [-0.2, 0) is 6.54 Å². The quantitative estimate of drug-likeness (QED) is 0.651. The van der Waals surface area contributed by atoms with Crippen LogP contribution in [-0.4, -0.2) is 26.7 Å². The lowest BCUT2D eigenvalue weighted by Gasteiger charge is -1.99. The minimum Gasteiger partial charge on any atom is -0.396 e. The number of nitrogens with zero attached hydrogens (tertiary/aromatic N) is 3. The Morgan fingerprint density at radius 3 is 2.86 bits per heavy atom. The van der Waals surface area contributed by atoms with Crippen molar-refractivity contribution in [1.29, 1.82) is 0 Å². The molecule has 0 fully saturated rings. The fourth-order valence-corrected chi connectivity index (χ4v) is 1.19. The van der Waals surface area contributed by atoms with Gasteiger partial charge in [0.05, 0.1) is 11.9 Å². The fourth-order valence-electron chi connectivity index (χ4n) is 1.19. The van der Waals surface area contributed by atoms with E-state index in [9.17, 15) is 0 Å². The van der Waals surface area contributed by atoms with Crippen LogP contribution in [0.15, 0.2) is 6.20 Å². The van der Waals surface area contributed by atoms with Gasteiger partial charge in [-0.2, -0.15) is 0 Å². The molecule has 0 saturated carbocycles. The molecule has 1 aromatic heterocycles. The maximum Gasteiger partial charge on any atom is 0.0991 e. The summed E-state index contributed by atoms with van der Waals surface area (Å²) in [5.41, 5.74) is 6.48. The van der Waals surface area contributed by atoms with Gasteiger partial charge in [0, 0.05) is 19.2 Å². The zero-order chi connectivity index (χ0) is 10.4. The zero-order valence-corrected chi connectivity index (χ0v) is 8.56. The molecule has 80 valence electrons. The van der Waals surface area contributed by atoms with Crippen LogP contribution in [0.1, 0.15) is 37.9 Å². The van der Waals surface area contributed by atoms with Gasteiger partial charge in [-0.3, -0.25) is 4.68 Å². The summed E-state index contributed by atoms with van der Waals surface area (Å²) in [7, 11) is 0. The molecule has 0 spiro atoms. The molecule has 1 heterocycles. The van der Waals surface area contributed by atoms with Crippen molar-refractivity contribution in [3.63, 3.8) is 0 Å². The smallest absolute Gasteiger partial charge is 0.0991 e. The van der Waals surface area contributed by atoms with E-state index in [1.54, 1.807) is 4.68 Å². The van der Waals surface area contributed by atoms with E-state index in [0.29, 0.717) is 0 Å². The SMILES string of the molecule is CC(N)c1cn(CCCCCO)nn1. The minimum absolute atomic E-state index is 0.0545. The van der Waals surface area contributed by atoms with Crippen LogP contribution in [0.2, 0.25) is 0 Å². The standard InChI is InChI=1S/C9H18N4O/c1-8(10)9-7-13(12-11-9)5-3-2-4-6-14/h7-8,14H,2-6,10H2,1H3. The van der Waals surface area contributed by atoms with E-state index in [4.69, 9.17) is 10.8 Å². The third kappa shape index (κ3) is 3.43. The summed E-state index contributed by atoms with van der Waals surface area (Å²) >= 11 is 0. The molecule has 0 radical (unpaired) electrons. The molecule has 0 aliphatic rings. The molecular weight excluding hydrogens is 180 g/mol. The van der Waals surface area contributed by atoms with Gasteiger partial charge >= 0.3 is 0 Å². The van der Waals surface area contributed by atoms with Gasteiger partial charge in [0.2, 0.25) is 0 Å². The van der Waals surface area contributed by atoms with E-state index < -0.39 is 0 Å². The monoisotopic (exact) mass is 198 g/mol. The predicted molar refractivity (Wildman–Crippen MR) is 53.6 cm³/mol. The van der Waals surface area contributed by atoms with Crippen molar-refractivity contribution >= 4 is 0 Å². The molecule has 0 bridgehead atoms. The van der Waals surface area contributed by atoms with Gasteiger partial charge in [-0.1, -0.05) is 5.21 Å². The van der Waals surface area contributed by atoms with E-state index >= 15 is 0 Å². The molecule has 0 amide bonds. The predicted octanol–water partition coefficient (Wildman–Crippen LogP) is 0.460. The Bertz CT molecular complexity index is 259. The van der Waals surface area contributed by atoms with Crippen LogP contribution in [0.25, 0.3) is 0 Å². The van der Waals surface area contributed by atoms with Crippen LogP contribution >= 0.6 is 0 Å². The van der Waals surface area contributed by atoms with E-state index in [1.807, 2.05) is 13.1 Å². The van der Waals surface area contributed by atoms with Gasteiger partial charge in [-0.05, 0) is 26.2 Å². The number of unbranched alkanes of at least 4 members (excludes halogenated alkanes) is 2. The highest BCUT2D eigenvalue weighted by molar-refractivity contribution is 4.97. The largest absolute Gasteiger partial charge is 0.396 e. The first kappa shape index (κ1) is 11.1. The van der Waals surface area contributed by atoms with Crippen LogP contribution in [0.4, 0.5) is 0 Å². The van der Waals surface area contributed by atoms with Crippen molar-refractivity contribution < 1.29 is 5.11 Å². The third-order valence-electron chi connectivity index (χ3n) is 2.07. The molecule has 1 aromatic rings. The highest BCUT2D eigenvalue weighted by atomic mass is 16.2. The average molecular weight is 198 g/mol. The lowest BCUT2D eigenvalue weighted by Crippen LogP contribution is -2.05. The number of hydrogen-bond donors (Lipinski definition) is 2. The zero-order valence-electron chi connectivity index (χ0n) is 8.56. The first-order valence-corrected chi connectivity index (χ1v) is 5.00. The molecule has 5 heteroatoms. The summed E-state index contributed by atoms with van der Waals surface area (Å²) in [6.45, 7) is 3.00. The summed E-state index contributed by atoms with van der Waals surface area (Å²) in [6.07, 6.45) is 4.77. The average Bonchev–Trinajstić information content (AvgIpc) is 2.61. The second kappa shape index (κ2) is 5.72. The highest BCUT2D eigenvalue weighted by Crippen LogP contribution is 2.04. The number of nitrogens with two attached hydrogens (primary N) is 1. The molecule has 3 N–H and O–H groups in total. The van der Waals surface area contributed by atoms with Crippen molar-refractivity contribution in [2.24, 2.45) is 5.73 Å².